The normalized spacial score (nSPS) is 14.5. The average Bonchev–Trinajstić information content (AvgIpc) is 3.26. The van der Waals surface area contributed by atoms with Crippen LogP contribution in [-0.4, -0.2) is 20.2 Å². The van der Waals surface area contributed by atoms with Crippen LogP contribution in [0.25, 0.3) is 10.9 Å². The van der Waals surface area contributed by atoms with Crippen molar-refractivity contribution in [3.05, 3.63) is 38.3 Å². The number of nitrogens with zero attached hydrogens (tertiary/aromatic N) is 3. The van der Waals surface area contributed by atoms with Crippen molar-refractivity contribution in [2.24, 2.45) is 0 Å². The van der Waals surface area contributed by atoms with Crippen LogP contribution in [0.2, 0.25) is 5.28 Å². The van der Waals surface area contributed by atoms with Gasteiger partial charge in [-0.3, -0.25) is 5.10 Å². The molecule has 1 fully saturated rings. The number of benzene rings is 1. The first-order valence-corrected chi connectivity index (χ1v) is 8.52. The molecule has 1 aliphatic carbocycles. The van der Waals surface area contributed by atoms with Crippen LogP contribution in [0.3, 0.4) is 0 Å². The van der Waals surface area contributed by atoms with E-state index in [2.05, 4.69) is 55.0 Å². The first-order chi connectivity index (χ1) is 10.6. The third-order valence-corrected chi connectivity index (χ3v) is 4.74. The fraction of sp³-hybridized carbons (Fsp3) is 0.267. The molecule has 7 heteroatoms. The summed E-state index contributed by atoms with van der Waals surface area (Å²) in [5.74, 6) is 2.12. The van der Waals surface area contributed by atoms with Gasteiger partial charge >= 0.3 is 0 Å². The summed E-state index contributed by atoms with van der Waals surface area (Å²) >= 11 is 8.32. The van der Waals surface area contributed by atoms with Crippen LogP contribution in [0.1, 0.15) is 30.0 Å². The van der Waals surface area contributed by atoms with E-state index in [1.165, 1.54) is 18.5 Å². The summed E-state index contributed by atoms with van der Waals surface area (Å²) < 4.78 is 1.12. The lowest BCUT2D eigenvalue weighted by Gasteiger charge is -2.08. The van der Waals surface area contributed by atoms with Gasteiger partial charge in [0.1, 0.15) is 5.82 Å². The van der Waals surface area contributed by atoms with Gasteiger partial charge < -0.3 is 5.32 Å². The van der Waals surface area contributed by atoms with Crippen molar-refractivity contribution in [2.75, 3.05) is 5.32 Å². The van der Waals surface area contributed by atoms with E-state index in [-0.39, 0.29) is 5.28 Å². The van der Waals surface area contributed by atoms with Gasteiger partial charge in [-0.2, -0.15) is 10.1 Å². The topological polar surface area (TPSA) is 66.5 Å². The molecule has 5 nitrogen and oxygen atoms in total. The Balaban J connectivity index is 1.79. The van der Waals surface area contributed by atoms with Gasteiger partial charge in [0.25, 0.3) is 0 Å². The lowest BCUT2D eigenvalue weighted by molar-refractivity contribution is 0.959. The van der Waals surface area contributed by atoms with Crippen LogP contribution in [0.15, 0.2) is 18.2 Å². The highest BCUT2D eigenvalue weighted by molar-refractivity contribution is 14.1. The fourth-order valence-corrected chi connectivity index (χ4v) is 3.25. The van der Waals surface area contributed by atoms with E-state index in [1.54, 1.807) is 0 Å². The lowest BCUT2D eigenvalue weighted by Crippen LogP contribution is -1.99. The smallest absolute Gasteiger partial charge is 0.224 e. The molecule has 22 heavy (non-hydrogen) atoms. The van der Waals surface area contributed by atoms with Gasteiger partial charge in [-0.05, 0) is 72.2 Å². The summed E-state index contributed by atoms with van der Waals surface area (Å²) in [5.41, 5.74) is 3.19. The highest BCUT2D eigenvalue weighted by Gasteiger charge is 2.28. The highest BCUT2D eigenvalue weighted by Crippen LogP contribution is 2.42. The molecule has 0 bridgehead atoms. The molecule has 3 aromatic rings. The Morgan fingerprint density at radius 1 is 1.27 bits per heavy atom. The van der Waals surface area contributed by atoms with Crippen LogP contribution < -0.4 is 5.32 Å². The Morgan fingerprint density at radius 2 is 2.09 bits per heavy atom. The zero-order valence-corrected chi connectivity index (χ0v) is 14.7. The van der Waals surface area contributed by atoms with Crippen molar-refractivity contribution in [1.82, 2.24) is 20.2 Å². The van der Waals surface area contributed by atoms with Gasteiger partial charge in [0, 0.05) is 26.1 Å². The molecule has 2 aromatic heterocycles. The van der Waals surface area contributed by atoms with E-state index < -0.39 is 0 Å². The highest BCUT2D eigenvalue weighted by atomic mass is 127. The Hall–Kier alpha value is -1.41. The molecule has 1 saturated carbocycles. The molecule has 2 N–H and O–H groups in total. The molecule has 0 spiro atoms. The fourth-order valence-electron chi connectivity index (χ4n) is 2.58. The molecular weight excluding hydrogens is 413 g/mol. The molecule has 0 aliphatic heterocycles. The molecule has 2 heterocycles. The summed E-state index contributed by atoms with van der Waals surface area (Å²) in [6.07, 6.45) is 2.48. The number of hydrogen-bond acceptors (Lipinski definition) is 4. The van der Waals surface area contributed by atoms with E-state index in [0.717, 1.165) is 25.9 Å². The van der Waals surface area contributed by atoms with E-state index >= 15 is 0 Å². The molecule has 0 atom stereocenters. The van der Waals surface area contributed by atoms with Crippen LogP contribution in [-0.2, 0) is 0 Å². The molecule has 112 valence electrons. The summed E-state index contributed by atoms with van der Waals surface area (Å²) in [5, 5.41) is 12.0. The standard InChI is InChI=1S/C15H13ClIN5/c1-7-12(8-2-3-8)21-22-13(7)19-14-10-6-9(17)4-5-11(10)18-15(16)20-14/h4-6,8H,2-3H2,1H3,(H2,18,19,20,21,22). The van der Waals surface area contributed by atoms with E-state index in [0.29, 0.717) is 11.7 Å². The van der Waals surface area contributed by atoms with Gasteiger partial charge in [0.15, 0.2) is 5.82 Å². The van der Waals surface area contributed by atoms with Crippen molar-refractivity contribution in [2.45, 2.75) is 25.7 Å². The van der Waals surface area contributed by atoms with Gasteiger partial charge in [-0.1, -0.05) is 0 Å². The number of halogens is 2. The number of aromatic nitrogens is 4. The van der Waals surface area contributed by atoms with Crippen molar-refractivity contribution >= 4 is 56.7 Å². The summed E-state index contributed by atoms with van der Waals surface area (Å²) in [4.78, 5) is 8.60. The summed E-state index contributed by atoms with van der Waals surface area (Å²) in [6.45, 7) is 2.08. The second-order valence-corrected chi connectivity index (χ2v) is 7.10. The van der Waals surface area contributed by atoms with E-state index in [4.69, 9.17) is 11.6 Å². The van der Waals surface area contributed by atoms with Gasteiger partial charge in [-0.25, -0.2) is 4.98 Å². The lowest BCUT2D eigenvalue weighted by atomic mass is 10.2. The van der Waals surface area contributed by atoms with E-state index in [1.807, 2.05) is 18.2 Å². The van der Waals surface area contributed by atoms with Crippen LogP contribution >= 0.6 is 34.2 Å². The van der Waals surface area contributed by atoms with Crippen LogP contribution in [0, 0.1) is 10.5 Å². The zero-order valence-electron chi connectivity index (χ0n) is 11.8. The number of fused-ring (bicyclic) bond motifs is 1. The Kier molecular flexibility index (Phi) is 3.45. The zero-order chi connectivity index (χ0) is 15.3. The first-order valence-electron chi connectivity index (χ1n) is 7.06. The number of H-pyrrole nitrogens is 1. The number of nitrogens with one attached hydrogen (secondary N) is 2. The third-order valence-electron chi connectivity index (χ3n) is 3.90. The molecule has 0 amide bonds. The Labute approximate surface area is 146 Å². The Bertz CT molecular complexity index is 872. The monoisotopic (exact) mass is 425 g/mol. The summed E-state index contributed by atoms with van der Waals surface area (Å²) in [6, 6.07) is 5.99. The molecule has 1 aromatic carbocycles. The maximum Gasteiger partial charge on any atom is 0.224 e. The minimum atomic E-state index is 0.229. The summed E-state index contributed by atoms with van der Waals surface area (Å²) in [7, 11) is 0. The SMILES string of the molecule is Cc1c(Nc2nc(Cl)nc3ccc(I)cc23)n[nH]c1C1CC1. The van der Waals surface area contributed by atoms with Crippen molar-refractivity contribution in [3.8, 4) is 0 Å². The van der Waals surface area contributed by atoms with E-state index in [9.17, 15) is 0 Å². The number of rotatable bonds is 3. The quantitative estimate of drug-likeness (QED) is 0.477. The first kappa shape index (κ1) is 14.2. The second-order valence-electron chi connectivity index (χ2n) is 5.51. The molecule has 0 unspecified atom stereocenters. The van der Waals surface area contributed by atoms with Gasteiger partial charge in [-0.15, -0.1) is 0 Å². The van der Waals surface area contributed by atoms with Crippen LogP contribution in [0.5, 0.6) is 0 Å². The van der Waals surface area contributed by atoms with Crippen molar-refractivity contribution in [3.63, 3.8) is 0 Å². The third kappa shape index (κ3) is 2.54. The minimum Gasteiger partial charge on any atom is -0.323 e. The van der Waals surface area contributed by atoms with Gasteiger partial charge in [0.05, 0.1) is 5.52 Å². The second kappa shape index (κ2) is 5.34. The predicted octanol–water partition coefficient (Wildman–Crippen LogP) is 4.54. The molecular formula is C15H13ClIN5. The average molecular weight is 426 g/mol. The number of anilines is 2. The maximum atomic E-state index is 6.04. The molecule has 1 aliphatic rings. The molecule has 0 radical (unpaired) electrons. The van der Waals surface area contributed by atoms with Crippen LogP contribution in [0.4, 0.5) is 11.6 Å². The molecule has 0 saturated heterocycles. The largest absolute Gasteiger partial charge is 0.323 e. The van der Waals surface area contributed by atoms with Crippen molar-refractivity contribution < 1.29 is 0 Å². The van der Waals surface area contributed by atoms with Gasteiger partial charge in [0.2, 0.25) is 5.28 Å². The predicted molar refractivity (Wildman–Crippen MR) is 95.8 cm³/mol. The molecule has 4 rings (SSSR count). The minimum absolute atomic E-state index is 0.229. The Morgan fingerprint density at radius 3 is 2.86 bits per heavy atom. The number of hydrogen-bond donors (Lipinski definition) is 2. The van der Waals surface area contributed by atoms with Crippen molar-refractivity contribution in [1.29, 1.82) is 0 Å². The maximum absolute atomic E-state index is 6.04. The number of aromatic amines is 1.